The van der Waals surface area contributed by atoms with E-state index in [1.54, 1.807) is 4.90 Å². The van der Waals surface area contributed by atoms with Gasteiger partial charge >= 0.3 is 0 Å². The zero-order valence-electron chi connectivity index (χ0n) is 24.5. The number of aliphatic hydroxyl groups is 1. The van der Waals surface area contributed by atoms with E-state index >= 15 is 0 Å². The molecule has 3 amide bonds. The molecule has 2 fully saturated rings. The molecular formula is C33H45N3O5. The maximum absolute atomic E-state index is 14.5. The zero-order chi connectivity index (χ0) is 29.0. The summed E-state index contributed by atoms with van der Waals surface area (Å²) in [6.45, 7) is 6.68. The van der Waals surface area contributed by atoms with E-state index in [1.807, 2.05) is 71.4 Å². The fourth-order valence-corrected chi connectivity index (χ4v) is 7.34. The van der Waals surface area contributed by atoms with E-state index < -0.39 is 29.1 Å². The number of ether oxygens (including phenoxy) is 1. The first-order chi connectivity index (χ1) is 19.9. The van der Waals surface area contributed by atoms with Gasteiger partial charge in [0.05, 0.1) is 17.4 Å². The van der Waals surface area contributed by atoms with E-state index in [-0.39, 0.29) is 24.3 Å². The number of hydrogen-bond acceptors (Lipinski definition) is 5. The summed E-state index contributed by atoms with van der Waals surface area (Å²) in [5.74, 6) is -1.83. The van der Waals surface area contributed by atoms with Crippen molar-refractivity contribution in [3.63, 3.8) is 0 Å². The Morgan fingerprint density at radius 2 is 1.56 bits per heavy atom. The van der Waals surface area contributed by atoms with Gasteiger partial charge in [0.25, 0.3) is 0 Å². The van der Waals surface area contributed by atoms with Gasteiger partial charge in [-0.25, -0.2) is 0 Å². The Balaban J connectivity index is 1.53. The van der Waals surface area contributed by atoms with Gasteiger partial charge in [-0.1, -0.05) is 87.7 Å². The molecule has 0 saturated carbocycles. The lowest BCUT2D eigenvalue weighted by molar-refractivity contribution is -0.154. The molecule has 222 valence electrons. The second kappa shape index (κ2) is 12.5. The Morgan fingerprint density at radius 1 is 0.829 bits per heavy atom. The number of aliphatic hydroxyl groups excluding tert-OH is 1. The number of nitrogens with zero attached hydrogens (tertiary/aromatic N) is 3. The van der Waals surface area contributed by atoms with Gasteiger partial charge in [-0.3, -0.25) is 14.4 Å². The highest BCUT2D eigenvalue weighted by atomic mass is 16.5. The molecule has 0 aromatic heterocycles. The van der Waals surface area contributed by atoms with Crippen molar-refractivity contribution in [2.75, 3.05) is 32.8 Å². The molecule has 4 heterocycles. The van der Waals surface area contributed by atoms with Crippen molar-refractivity contribution in [1.82, 2.24) is 14.7 Å². The third-order valence-electron chi connectivity index (χ3n) is 9.41. The maximum Gasteiger partial charge on any atom is 0.249 e. The first-order valence-electron chi connectivity index (χ1n) is 15.5. The van der Waals surface area contributed by atoms with E-state index in [0.29, 0.717) is 39.1 Å². The summed E-state index contributed by atoms with van der Waals surface area (Å²) in [6, 6.07) is 9.11. The minimum absolute atomic E-state index is 0.0880. The first-order valence-corrected chi connectivity index (χ1v) is 15.5. The summed E-state index contributed by atoms with van der Waals surface area (Å²) >= 11 is 0. The van der Waals surface area contributed by atoms with Crippen LogP contribution in [-0.4, -0.2) is 87.6 Å². The molecule has 0 aliphatic carbocycles. The van der Waals surface area contributed by atoms with Crippen molar-refractivity contribution in [3.8, 4) is 0 Å². The van der Waals surface area contributed by atoms with Crippen LogP contribution < -0.4 is 0 Å². The summed E-state index contributed by atoms with van der Waals surface area (Å²) in [6.07, 6.45) is 13.5. The molecule has 2 saturated heterocycles. The molecule has 1 aromatic rings. The van der Waals surface area contributed by atoms with E-state index in [9.17, 15) is 19.5 Å². The first kappa shape index (κ1) is 29.5. The minimum Gasteiger partial charge on any atom is -0.396 e. The smallest absolute Gasteiger partial charge is 0.249 e. The SMILES string of the molecule is CCCCN1CC=C[C@]23O[C@]4(CC)C=CCN(Cc5ccccc5)C(=O)[C@@H]4[C@H]2C(=O)N(CCCCCCO)C3C1=O. The third kappa shape index (κ3) is 5.25. The number of hydrogen-bond donors (Lipinski definition) is 1. The van der Waals surface area contributed by atoms with Gasteiger partial charge in [0.1, 0.15) is 11.6 Å². The van der Waals surface area contributed by atoms with Crippen LogP contribution in [0.1, 0.15) is 64.4 Å². The van der Waals surface area contributed by atoms with Crippen LogP contribution in [0, 0.1) is 11.8 Å². The molecule has 0 radical (unpaired) electrons. The average molecular weight is 564 g/mol. The fraction of sp³-hybridized carbons (Fsp3) is 0.606. The van der Waals surface area contributed by atoms with E-state index in [1.165, 1.54) is 0 Å². The number of carbonyl (C=O) groups is 3. The molecule has 8 nitrogen and oxygen atoms in total. The van der Waals surface area contributed by atoms with Gasteiger partial charge in [-0.2, -0.15) is 0 Å². The molecule has 1 N–H and O–H groups in total. The second-order valence-corrected chi connectivity index (χ2v) is 11.9. The largest absolute Gasteiger partial charge is 0.396 e. The topological polar surface area (TPSA) is 90.4 Å². The van der Waals surface area contributed by atoms with Gasteiger partial charge in [-0.15, -0.1) is 0 Å². The van der Waals surface area contributed by atoms with Crippen LogP contribution in [0.2, 0.25) is 0 Å². The van der Waals surface area contributed by atoms with Gasteiger partial charge in [0, 0.05) is 39.3 Å². The molecule has 4 aliphatic heterocycles. The van der Waals surface area contributed by atoms with Crippen LogP contribution >= 0.6 is 0 Å². The molecule has 1 unspecified atom stereocenters. The molecule has 4 aliphatic rings. The summed E-state index contributed by atoms with van der Waals surface area (Å²) < 4.78 is 7.05. The highest BCUT2D eigenvalue weighted by Crippen LogP contribution is 2.58. The van der Waals surface area contributed by atoms with Crippen LogP contribution in [-0.2, 0) is 25.7 Å². The monoisotopic (exact) mass is 563 g/mol. The lowest BCUT2D eigenvalue weighted by Gasteiger charge is -2.38. The quantitative estimate of drug-likeness (QED) is 0.310. The Bertz CT molecular complexity index is 1170. The lowest BCUT2D eigenvalue weighted by Crippen LogP contribution is -2.56. The molecule has 41 heavy (non-hydrogen) atoms. The van der Waals surface area contributed by atoms with Crippen LogP contribution in [0.25, 0.3) is 0 Å². The summed E-state index contributed by atoms with van der Waals surface area (Å²) in [5.41, 5.74) is -1.13. The van der Waals surface area contributed by atoms with Gasteiger partial charge in [0.15, 0.2) is 0 Å². The van der Waals surface area contributed by atoms with Crippen molar-refractivity contribution >= 4 is 17.7 Å². The number of amides is 3. The summed E-state index contributed by atoms with van der Waals surface area (Å²) in [4.78, 5) is 48.6. The van der Waals surface area contributed by atoms with E-state index in [4.69, 9.17) is 4.74 Å². The third-order valence-corrected chi connectivity index (χ3v) is 9.41. The minimum atomic E-state index is -1.20. The molecule has 5 atom stereocenters. The number of rotatable bonds is 12. The molecule has 5 rings (SSSR count). The maximum atomic E-state index is 14.5. The van der Waals surface area contributed by atoms with Crippen molar-refractivity contribution in [2.45, 2.75) is 82.6 Å². The normalized spacial score (nSPS) is 30.9. The van der Waals surface area contributed by atoms with Crippen molar-refractivity contribution in [3.05, 3.63) is 60.2 Å². The highest BCUT2D eigenvalue weighted by molar-refractivity contribution is 6.00. The number of fused-ring (bicyclic) bond motifs is 2. The molecule has 0 bridgehead atoms. The van der Waals surface area contributed by atoms with Crippen molar-refractivity contribution in [1.29, 1.82) is 0 Å². The molecule has 1 spiro atoms. The standard InChI is InChI=1S/C33H45N3O5/c1-3-5-19-34-20-14-18-33-27(30(39)36(28(33)31(34)40)22-11-6-7-12-23-37)26-29(38)35(24-25-15-9-8-10-16-25)21-13-17-32(26,4-2)41-33/h8-10,13-18,26-28,37H,3-7,11-12,19-24H2,1-2H3/t26-,27-,28?,32+,33-/m0/s1. The van der Waals surface area contributed by atoms with Crippen LogP contribution in [0.5, 0.6) is 0 Å². The Labute approximate surface area is 244 Å². The van der Waals surface area contributed by atoms with E-state index in [0.717, 1.165) is 44.1 Å². The number of benzene rings is 1. The van der Waals surface area contributed by atoms with Crippen LogP contribution in [0.3, 0.4) is 0 Å². The average Bonchev–Trinajstić information content (AvgIpc) is 3.27. The second-order valence-electron chi connectivity index (χ2n) is 11.9. The summed E-state index contributed by atoms with van der Waals surface area (Å²) in [7, 11) is 0. The zero-order valence-corrected chi connectivity index (χ0v) is 24.5. The Morgan fingerprint density at radius 3 is 2.29 bits per heavy atom. The predicted octanol–water partition coefficient (Wildman–Crippen LogP) is 3.70. The van der Waals surface area contributed by atoms with Crippen LogP contribution in [0.15, 0.2) is 54.6 Å². The van der Waals surface area contributed by atoms with Gasteiger partial charge < -0.3 is 24.5 Å². The fourth-order valence-electron chi connectivity index (χ4n) is 7.34. The molecule has 8 heteroatoms. The molecular weight excluding hydrogens is 518 g/mol. The van der Waals surface area contributed by atoms with Crippen LogP contribution in [0.4, 0.5) is 0 Å². The van der Waals surface area contributed by atoms with Crippen molar-refractivity contribution in [2.24, 2.45) is 11.8 Å². The number of likely N-dealkylation sites (tertiary alicyclic amines) is 1. The van der Waals surface area contributed by atoms with Gasteiger partial charge in [-0.05, 0) is 31.2 Å². The predicted molar refractivity (Wildman–Crippen MR) is 156 cm³/mol. The molecule has 1 aromatic carbocycles. The summed E-state index contributed by atoms with van der Waals surface area (Å²) in [5, 5.41) is 9.19. The highest BCUT2D eigenvalue weighted by Gasteiger charge is 2.75. The Hall–Kier alpha value is -2.97. The number of carbonyl (C=O) groups excluding carboxylic acids is 3. The number of unbranched alkanes of at least 4 members (excludes halogenated alkanes) is 4. The van der Waals surface area contributed by atoms with E-state index in [2.05, 4.69) is 6.92 Å². The lowest BCUT2D eigenvalue weighted by atomic mass is 9.73. The Kier molecular flexibility index (Phi) is 9.00. The van der Waals surface area contributed by atoms with Gasteiger partial charge in [0.2, 0.25) is 17.7 Å². The van der Waals surface area contributed by atoms with Crippen molar-refractivity contribution < 1.29 is 24.2 Å².